The second-order valence-electron chi connectivity index (χ2n) is 3.08. The molecule has 1 aromatic heterocycles. The van der Waals surface area contributed by atoms with Gasteiger partial charge in [0.2, 0.25) is 0 Å². The predicted octanol–water partition coefficient (Wildman–Crippen LogP) is 2.04. The minimum absolute atomic E-state index is 0.198. The first-order valence-corrected chi connectivity index (χ1v) is 5.65. The van der Waals surface area contributed by atoms with Crippen LogP contribution in [0.2, 0.25) is 0 Å². The normalized spacial score (nSPS) is 10.3. The molecular formula is C11H9NO3S. The van der Waals surface area contributed by atoms with E-state index in [4.69, 9.17) is 0 Å². The Labute approximate surface area is 95.9 Å². The lowest BCUT2D eigenvalue weighted by Gasteiger charge is -2.00. The number of hydrogen-bond acceptors (Lipinski definition) is 5. The number of nitrogens with zero attached hydrogens (tertiary/aromatic N) is 1. The van der Waals surface area contributed by atoms with Crippen molar-refractivity contribution in [1.82, 2.24) is 4.98 Å². The first kappa shape index (κ1) is 10.8. The monoisotopic (exact) mass is 235 g/mol. The average Bonchev–Trinajstić information content (AvgIpc) is 2.75. The number of thiazole rings is 1. The van der Waals surface area contributed by atoms with Crippen molar-refractivity contribution >= 4 is 33.3 Å². The van der Waals surface area contributed by atoms with Crippen molar-refractivity contribution in [3.05, 3.63) is 29.3 Å². The molecule has 0 fully saturated rings. The number of benzene rings is 1. The Hall–Kier alpha value is -1.75. The number of rotatable bonds is 3. The van der Waals surface area contributed by atoms with E-state index in [9.17, 15) is 9.59 Å². The molecule has 0 unspecified atom stereocenters. The topological polar surface area (TPSA) is 56.3 Å². The molecule has 1 aromatic carbocycles. The summed E-state index contributed by atoms with van der Waals surface area (Å²) in [6.45, 7) is 1.86. The molecule has 0 atom stereocenters. The summed E-state index contributed by atoms with van der Waals surface area (Å²) in [6, 6.07) is 4.99. The number of aromatic nitrogens is 1. The Morgan fingerprint density at radius 2 is 2.25 bits per heavy atom. The lowest BCUT2D eigenvalue weighted by Crippen LogP contribution is -2.17. The smallest absolute Gasteiger partial charge is 0.379 e. The highest BCUT2D eigenvalue weighted by atomic mass is 32.1. The Bertz CT molecular complexity index is 547. The molecule has 5 heteroatoms. The van der Waals surface area contributed by atoms with E-state index in [1.165, 1.54) is 11.3 Å². The van der Waals surface area contributed by atoms with Gasteiger partial charge >= 0.3 is 5.97 Å². The zero-order chi connectivity index (χ0) is 11.5. The second kappa shape index (κ2) is 4.40. The van der Waals surface area contributed by atoms with Gasteiger partial charge in [-0.3, -0.25) is 4.79 Å². The summed E-state index contributed by atoms with van der Waals surface area (Å²) in [5.74, 6) is -1.45. The van der Waals surface area contributed by atoms with Crippen molar-refractivity contribution in [1.29, 1.82) is 0 Å². The molecule has 0 spiro atoms. The molecule has 0 amide bonds. The maximum atomic E-state index is 11.6. The quantitative estimate of drug-likeness (QED) is 0.464. The van der Waals surface area contributed by atoms with Crippen molar-refractivity contribution in [2.45, 2.75) is 6.92 Å². The summed E-state index contributed by atoms with van der Waals surface area (Å²) in [6.07, 6.45) is 0. The summed E-state index contributed by atoms with van der Waals surface area (Å²) in [5, 5.41) is 0. The highest BCUT2D eigenvalue weighted by Crippen LogP contribution is 2.19. The number of fused-ring (bicyclic) bond motifs is 1. The van der Waals surface area contributed by atoms with Gasteiger partial charge in [-0.15, -0.1) is 11.3 Å². The lowest BCUT2D eigenvalue weighted by atomic mass is 10.1. The summed E-state index contributed by atoms with van der Waals surface area (Å²) in [5.41, 5.74) is 2.74. The number of esters is 1. The van der Waals surface area contributed by atoms with Crippen molar-refractivity contribution in [3.63, 3.8) is 0 Å². The van der Waals surface area contributed by atoms with Crippen LogP contribution in [0.1, 0.15) is 17.3 Å². The zero-order valence-corrected chi connectivity index (χ0v) is 9.41. The first-order valence-electron chi connectivity index (χ1n) is 4.77. The van der Waals surface area contributed by atoms with Crippen LogP contribution < -0.4 is 0 Å². The van der Waals surface area contributed by atoms with E-state index >= 15 is 0 Å². The highest BCUT2D eigenvalue weighted by molar-refractivity contribution is 7.16. The summed E-state index contributed by atoms with van der Waals surface area (Å²) in [4.78, 5) is 26.9. The minimum Gasteiger partial charge on any atom is -0.460 e. The Kier molecular flexibility index (Phi) is 2.96. The molecule has 0 radical (unpaired) electrons. The maximum Gasteiger partial charge on any atom is 0.379 e. The Morgan fingerprint density at radius 3 is 3.00 bits per heavy atom. The van der Waals surface area contributed by atoms with E-state index in [0.717, 1.165) is 10.2 Å². The molecule has 0 saturated carbocycles. The number of carbonyl (C=O) groups excluding carboxylic acids is 2. The highest BCUT2D eigenvalue weighted by Gasteiger charge is 2.17. The van der Waals surface area contributed by atoms with Gasteiger partial charge in [0.25, 0.3) is 5.78 Å². The summed E-state index contributed by atoms with van der Waals surface area (Å²) < 4.78 is 5.63. The number of carbonyl (C=O) groups is 2. The van der Waals surface area contributed by atoms with Gasteiger partial charge in [0.1, 0.15) is 0 Å². The minimum atomic E-state index is -0.822. The third kappa shape index (κ3) is 1.94. The largest absolute Gasteiger partial charge is 0.460 e. The molecule has 0 bridgehead atoms. The van der Waals surface area contributed by atoms with E-state index in [2.05, 4.69) is 9.72 Å². The van der Waals surface area contributed by atoms with E-state index in [-0.39, 0.29) is 6.61 Å². The second-order valence-corrected chi connectivity index (χ2v) is 3.97. The van der Waals surface area contributed by atoms with Crippen molar-refractivity contribution in [3.8, 4) is 0 Å². The maximum absolute atomic E-state index is 11.6. The van der Waals surface area contributed by atoms with Crippen LogP contribution in [0.15, 0.2) is 23.7 Å². The molecule has 0 N–H and O–H groups in total. The van der Waals surface area contributed by atoms with Gasteiger partial charge in [-0.1, -0.05) is 0 Å². The number of ether oxygens (including phenoxy) is 1. The zero-order valence-electron chi connectivity index (χ0n) is 8.60. The molecule has 4 nitrogen and oxygen atoms in total. The van der Waals surface area contributed by atoms with Gasteiger partial charge in [0.05, 0.1) is 22.3 Å². The molecule has 16 heavy (non-hydrogen) atoms. The molecule has 0 aliphatic heterocycles. The molecule has 0 aliphatic carbocycles. The lowest BCUT2D eigenvalue weighted by molar-refractivity contribution is -0.137. The molecule has 2 rings (SSSR count). The molecular weight excluding hydrogens is 226 g/mol. The molecule has 1 heterocycles. The fraction of sp³-hybridized carbons (Fsp3) is 0.182. The molecule has 0 aliphatic rings. The van der Waals surface area contributed by atoms with Gasteiger partial charge in [-0.05, 0) is 25.1 Å². The van der Waals surface area contributed by atoms with Crippen molar-refractivity contribution in [2.75, 3.05) is 6.61 Å². The van der Waals surface area contributed by atoms with Gasteiger partial charge < -0.3 is 4.74 Å². The van der Waals surface area contributed by atoms with Gasteiger partial charge in [0, 0.05) is 5.56 Å². The van der Waals surface area contributed by atoms with Crippen LogP contribution in [0, 0.1) is 0 Å². The average molecular weight is 235 g/mol. The van der Waals surface area contributed by atoms with E-state index < -0.39 is 11.8 Å². The fourth-order valence-corrected chi connectivity index (χ4v) is 1.97. The third-order valence-electron chi connectivity index (χ3n) is 2.05. The van der Waals surface area contributed by atoms with Crippen LogP contribution in [-0.4, -0.2) is 23.3 Å². The Morgan fingerprint density at radius 1 is 1.44 bits per heavy atom. The van der Waals surface area contributed by atoms with Crippen LogP contribution in [0.25, 0.3) is 10.2 Å². The summed E-state index contributed by atoms with van der Waals surface area (Å²) >= 11 is 1.49. The summed E-state index contributed by atoms with van der Waals surface area (Å²) in [7, 11) is 0. The Balaban J connectivity index is 2.32. The number of Topliss-reactive ketones (excluding diaryl/α,β-unsaturated/α-hetero) is 1. The van der Waals surface area contributed by atoms with Crippen LogP contribution in [0.3, 0.4) is 0 Å². The van der Waals surface area contributed by atoms with Crippen LogP contribution in [0.4, 0.5) is 0 Å². The number of ketones is 1. The SMILES string of the molecule is CCOC(=O)C(=O)c1ccc2scnc2c1. The van der Waals surface area contributed by atoms with Crippen LogP contribution >= 0.6 is 11.3 Å². The van der Waals surface area contributed by atoms with Gasteiger partial charge in [-0.25, -0.2) is 9.78 Å². The molecule has 2 aromatic rings. The van der Waals surface area contributed by atoms with E-state index in [1.54, 1.807) is 30.6 Å². The van der Waals surface area contributed by atoms with Crippen LogP contribution in [0.5, 0.6) is 0 Å². The van der Waals surface area contributed by atoms with Crippen molar-refractivity contribution < 1.29 is 14.3 Å². The van der Waals surface area contributed by atoms with E-state index in [0.29, 0.717) is 5.56 Å². The standard InChI is InChI=1S/C11H9NO3S/c1-2-15-11(14)10(13)7-3-4-9-8(5-7)12-6-16-9/h3-6H,2H2,1H3. The predicted molar refractivity (Wildman–Crippen MR) is 60.6 cm³/mol. The van der Waals surface area contributed by atoms with E-state index in [1.807, 2.05) is 0 Å². The first-order chi connectivity index (χ1) is 7.72. The van der Waals surface area contributed by atoms with Gasteiger partial charge in [0.15, 0.2) is 0 Å². The molecule has 0 saturated heterocycles. The van der Waals surface area contributed by atoms with Crippen LogP contribution in [-0.2, 0) is 9.53 Å². The van der Waals surface area contributed by atoms with Crippen molar-refractivity contribution in [2.24, 2.45) is 0 Å². The molecule has 82 valence electrons. The number of hydrogen-bond donors (Lipinski definition) is 0. The third-order valence-corrected chi connectivity index (χ3v) is 2.86. The fourth-order valence-electron chi connectivity index (χ4n) is 1.31. The van der Waals surface area contributed by atoms with Gasteiger partial charge in [-0.2, -0.15) is 0 Å².